The standard InChI is InChI=1S/C52H88O6/c1-4-7-10-13-16-19-21-23-25-27-28-30-33-36-39-42-45-51(54)57-48-49(47-56-50(53)44-41-38-35-32-18-15-12-9-6-3)58-52(55)46-43-40-37-34-31-29-26-24-22-20-17-14-11-8-5-2/h9,12,18,20,22,25,27-28,30,32,38,41,49H,4-8,10-11,13-17,19,21,23-24,26,29,31,33-37,39-40,42-48H2,1-3H3/b12-9-,22-20-,27-25-,30-28-,32-18-,41-38-. The van der Waals surface area contributed by atoms with Crippen LogP contribution in [0.2, 0.25) is 0 Å². The van der Waals surface area contributed by atoms with Gasteiger partial charge in [-0.3, -0.25) is 14.4 Å². The lowest BCUT2D eigenvalue weighted by molar-refractivity contribution is -0.166. The Morgan fingerprint density at radius 2 is 0.793 bits per heavy atom. The Hall–Kier alpha value is -3.15. The quantitative estimate of drug-likeness (QED) is 0.0201. The highest BCUT2D eigenvalue weighted by Crippen LogP contribution is 2.13. The molecular weight excluding hydrogens is 721 g/mol. The highest BCUT2D eigenvalue weighted by molar-refractivity contribution is 5.72. The van der Waals surface area contributed by atoms with E-state index >= 15 is 0 Å². The Kier molecular flexibility index (Phi) is 44.0. The number of hydrogen-bond acceptors (Lipinski definition) is 6. The van der Waals surface area contributed by atoms with Gasteiger partial charge in [-0.25, -0.2) is 0 Å². The van der Waals surface area contributed by atoms with E-state index in [9.17, 15) is 14.4 Å². The van der Waals surface area contributed by atoms with Gasteiger partial charge in [0, 0.05) is 12.8 Å². The van der Waals surface area contributed by atoms with Gasteiger partial charge in [-0.15, -0.1) is 0 Å². The molecule has 58 heavy (non-hydrogen) atoms. The van der Waals surface area contributed by atoms with Crippen LogP contribution >= 0.6 is 0 Å². The lowest BCUT2D eigenvalue weighted by Crippen LogP contribution is -2.30. The van der Waals surface area contributed by atoms with Crippen molar-refractivity contribution >= 4 is 17.9 Å². The summed E-state index contributed by atoms with van der Waals surface area (Å²) in [5.41, 5.74) is 0. The van der Waals surface area contributed by atoms with Crippen LogP contribution in [-0.2, 0) is 28.6 Å². The third-order valence-electron chi connectivity index (χ3n) is 9.98. The molecule has 0 N–H and O–H groups in total. The first-order valence-electron chi connectivity index (χ1n) is 24.0. The number of ether oxygens (including phenoxy) is 3. The molecule has 1 atom stereocenters. The number of unbranched alkanes of at least 4 members (excludes halogenated alkanes) is 21. The molecule has 6 heteroatoms. The summed E-state index contributed by atoms with van der Waals surface area (Å²) in [5.74, 6) is -1.08. The molecule has 6 nitrogen and oxygen atoms in total. The summed E-state index contributed by atoms with van der Waals surface area (Å²) in [5, 5.41) is 0. The number of carbonyl (C=O) groups is 3. The van der Waals surface area contributed by atoms with Gasteiger partial charge in [0.05, 0.1) is 6.42 Å². The second kappa shape index (κ2) is 46.5. The molecule has 0 aromatic heterocycles. The van der Waals surface area contributed by atoms with E-state index in [-0.39, 0.29) is 31.6 Å². The molecule has 0 aliphatic rings. The maximum Gasteiger partial charge on any atom is 0.309 e. The zero-order valence-corrected chi connectivity index (χ0v) is 37.8. The van der Waals surface area contributed by atoms with Crippen LogP contribution < -0.4 is 0 Å². The number of rotatable bonds is 42. The zero-order valence-electron chi connectivity index (χ0n) is 37.8. The van der Waals surface area contributed by atoms with Crippen molar-refractivity contribution < 1.29 is 28.6 Å². The van der Waals surface area contributed by atoms with Crippen molar-refractivity contribution in [3.05, 3.63) is 72.9 Å². The maximum atomic E-state index is 12.7. The van der Waals surface area contributed by atoms with Crippen molar-refractivity contribution in [2.45, 2.75) is 226 Å². The summed E-state index contributed by atoms with van der Waals surface area (Å²) in [4.78, 5) is 37.7. The van der Waals surface area contributed by atoms with Crippen LogP contribution in [0.1, 0.15) is 220 Å². The molecule has 0 saturated heterocycles. The average Bonchev–Trinajstić information content (AvgIpc) is 3.22. The van der Waals surface area contributed by atoms with Crippen LogP contribution in [0.15, 0.2) is 72.9 Å². The lowest BCUT2D eigenvalue weighted by atomic mass is 10.1. The van der Waals surface area contributed by atoms with Crippen LogP contribution in [-0.4, -0.2) is 37.2 Å². The zero-order chi connectivity index (χ0) is 42.3. The fraction of sp³-hybridized carbons (Fsp3) is 0.712. The maximum absolute atomic E-state index is 12.7. The van der Waals surface area contributed by atoms with E-state index in [1.807, 2.05) is 6.08 Å². The molecule has 0 aromatic carbocycles. The first-order valence-corrected chi connectivity index (χ1v) is 24.0. The fourth-order valence-corrected chi connectivity index (χ4v) is 6.37. The predicted octanol–water partition coefficient (Wildman–Crippen LogP) is 15.5. The van der Waals surface area contributed by atoms with Gasteiger partial charge in [-0.2, -0.15) is 0 Å². The smallest absolute Gasteiger partial charge is 0.309 e. The van der Waals surface area contributed by atoms with Crippen LogP contribution in [0.4, 0.5) is 0 Å². The van der Waals surface area contributed by atoms with Gasteiger partial charge in [0.15, 0.2) is 6.10 Å². The topological polar surface area (TPSA) is 78.9 Å². The monoisotopic (exact) mass is 809 g/mol. The Morgan fingerprint density at radius 1 is 0.397 bits per heavy atom. The third kappa shape index (κ3) is 44.0. The van der Waals surface area contributed by atoms with E-state index in [2.05, 4.69) is 81.5 Å². The van der Waals surface area contributed by atoms with Crippen molar-refractivity contribution in [2.75, 3.05) is 13.2 Å². The van der Waals surface area contributed by atoms with Crippen LogP contribution in [0.5, 0.6) is 0 Å². The summed E-state index contributed by atoms with van der Waals surface area (Å²) < 4.78 is 16.6. The van der Waals surface area contributed by atoms with E-state index in [1.54, 1.807) is 6.08 Å². The predicted molar refractivity (Wildman–Crippen MR) is 247 cm³/mol. The first-order chi connectivity index (χ1) is 28.5. The second-order valence-electron chi connectivity index (χ2n) is 15.7. The van der Waals surface area contributed by atoms with Crippen molar-refractivity contribution in [1.29, 1.82) is 0 Å². The van der Waals surface area contributed by atoms with E-state index in [1.165, 1.54) is 109 Å². The lowest BCUT2D eigenvalue weighted by Gasteiger charge is -2.18. The molecule has 0 heterocycles. The highest BCUT2D eigenvalue weighted by Gasteiger charge is 2.19. The van der Waals surface area contributed by atoms with Gasteiger partial charge in [0.25, 0.3) is 0 Å². The van der Waals surface area contributed by atoms with Gasteiger partial charge in [0.2, 0.25) is 0 Å². The molecule has 1 unspecified atom stereocenters. The SMILES string of the molecule is CC/C=C\C/C=C\C/C=C\CC(=O)OCC(COC(=O)CCCCC/C=C\C=C/CCCCCCCCC)OC(=O)CCCCCCCCC/C=C\CCCCCC. The molecule has 0 aliphatic carbocycles. The van der Waals surface area contributed by atoms with Crippen molar-refractivity contribution in [3.63, 3.8) is 0 Å². The van der Waals surface area contributed by atoms with Crippen molar-refractivity contribution in [2.24, 2.45) is 0 Å². The van der Waals surface area contributed by atoms with Gasteiger partial charge in [-0.1, -0.05) is 190 Å². The molecule has 0 aromatic rings. The minimum absolute atomic E-state index is 0.118. The Morgan fingerprint density at radius 3 is 1.33 bits per heavy atom. The first kappa shape index (κ1) is 54.9. The summed E-state index contributed by atoms with van der Waals surface area (Å²) in [6.45, 7) is 6.37. The van der Waals surface area contributed by atoms with Gasteiger partial charge < -0.3 is 14.2 Å². The van der Waals surface area contributed by atoms with E-state index in [0.717, 1.165) is 70.6 Å². The van der Waals surface area contributed by atoms with E-state index < -0.39 is 12.1 Å². The van der Waals surface area contributed by atoms with E-state index in [0.29, 0.717) is 12.8 Å². The number of esters is 3. The van der Waals surface area contributed by atoms with Gasteiger partial charge in [0.1, 0.15) is 13.2 Å². The van der Waals surface area contributed by atoms with Crippen molar-refractivity contribution in [1.82, 2.24) is 0 Å². The normalized spacial score (nSPS) is 12.7. The molecule has 0 aliphatic heterocycles. The molecular formula is C52H88O6. The van der Waals surface area contributed by atoms with Crippen LogP contribution in [0.3, 0.4) is 0 Å². The minimum atomic E-state index is -0.821. The molecule has 0 rings (SSSR count). The summed E-state index contributed by atoms with van der Waals surface area (Å²) in [7, 11) is 0. The Balaban J connectivity index is 4.45. The molecule has 0 amide bonds. The molecule has 0 radical (unpaired) electrons. The fourth-order valence-electron chi connectivity index (χ4n) is 6.37. The number of allylic oxidation sites excluding steroid dienone is 11. The van der Waals surface area contributed by atoms with Gasteiger partial charge >= 0.3 is 17.9 Å². The average molecular weight is 809 g/mol. The van der Waals surface area contributed by atoms with Gasteiger partial charge in [-0.05, 0) is 83.5 Å². The Bertz CT molecular complexity index is 1110. The molecule has 0 fully saturated rings. The highest BCUT2D eigenvalue weighted by atomic mass is 16.6. The largest absolute Gasteiger partial charge is 0.462 e. The molecule has 332 valence electrons. The van der Waals surface area contributed by atoms with Crippen LogP contribution in [0.25, 0.3) is 0 Å². The van der Waals surface area contributed by atoms with E-state index in [4.69, 9.17) is 14.2 Å². The third-order valence-corrected chi connectivity index (χ3v) is 9.98. The van der Waals surface area contributed by atoms with Crippen molar-refractivity contribution in [3.8, 4) is 0 Å². The molecule has 0 saturated carbocycles. The Labute approximate surface area is 357 Å². The van der Waals surface area contributed by atoms with Crippen LogP contribution in [0, 0.1) is 0 Å². The summed E-state index contributed by atoms with van der Waals surface area (Å²) in [6.07, 6.45) is 57.8. The molecule has 0 bridgehead atoms. The minimum Gasteiger partial charge on any atom is -0.462 e. The second-order valence-corrected chi connectivity index (χ2v) is 15.7. The molecule has 0 spiro atoms. The number of carbonyl (C=O) groups excluding carboxylic acids is 3. The summed E-state index contributed by atoms with van der Waals surface area (Å²) in [6, 6.07) is 0. The summed E-state index contributed by atoms with van der Waals surface area (Å²) >= 11 is 0. The number of hydrogen-bond donors (Lipinski definition) is 0.